The molecule has 0 radical (unpaired) electrons. The van der Waals surface area contributed by atoms with Crippen LogP contribution in [0.2, 0.25) is 0 Å². The number of hydrogen-bond acceptors (Lipinski definition) is 5. The molecule has 0 atom stereocenters. The van der Waals surface area contributed by atoms with Crippen molar-refractivity contribution in [2.24, 2.45) is 5.73 Å². The van der Waals surface area contributed by atoms with Crippen molar-refractivity contribution in [1.82, 2.24) is 9.78 Å². The summed E-state index contributed by atoms with van der Waals surface area (Å²) in [6.07, 6.45) is -6.23. The van der Waals surface area contributed by atoms with E-state index in [2.05, 4.69) is 5.10 Å². The summed E-state index contributed by atoms with van der Waals surface area (Å²) >= 11 is 0. The number of fused-ring (bicyclic) bond motifs is 1. The monoisotopic (exact) mass is 465 g/mol. The Bertz CT molecular complexity index is 1520. The number of aromatic nitrogens is 2. The lowest BCUT2D eigenvalue weighted by molar-refractivity contribution is -0.119. The molecule has 0 bridgehead atoms. The molecule has 1 fully saturated rings. The fourth-order valence-electron chi connectivity index (χ4n) is 4.06. The highest BCUT2D eigenvalue weighted by Crippen LogP contribution is 2.31. The Kier molecular flexibility index (Phi) is 3.99. The Morgan fingerprint density at radius 1 is 0.971 bits per heavy atom. The van der Waals surface area contributed by atoms with Crippen LogP contribution < -0.4 is 20.3 Å². The number of rotatable bonds is 5. The number of carbonyl (C=O) groups excluding carboxylic acids is 3. The summed E-state index contributed by atoms with van der Waals surface area (Å²) in [5.74, 6) is -1.54. The van der Waals surface area contributed by atoms with Crippen LogP contribution in [-0.4, -0.2) is 47.7 Å². The van der Waals surface area contributed by atoms with Crippen molar-refractivity contribution in [2.75, 3.05) is 30.0 Å². The Morgan fingerprint density at radius 3 is 2.26 bits per heavy atom. The summed E-state index contributed by atoms with van der Waals surface area (Å²) in [4.78, 5) is 40.6. The molecular weight excluding hydrogens is 434 g/mol. The number of ether oxygens (including phenoxy) is 1. The van der Waals surface area contributed by atoms with Gasteiger partial charge in [-0.2, -0.15) is 5.10 Å². The molecule has 2 N–H and O–H groups in total. The minimum Gasteiger partial charge on any atom is -0.497 e. The Balaban J connectivity index is 1.49. The van der Waals surface area contributed by atoms with Gasteiger partial charge in [-0.1, -0.05) is 0 Å². The highest BCUT2D eigenvalue weighted by molar-refractivity contribution is 6.09. The molecule has 2 aromatic carbocycles. The molecule has 9 nitrogen and oxygen atoms in total. The van der Waals surface area contributed by atoms with Gasteiger partial charge in [0.05, 0.1) is 12.8 Å². The molecule has 3 aromatic rings. The van der Waals surface area contributed by atoms with Crippen molar-refractivity contribution >= 4 is 29.1 Å². The fourth-order valence-corrected chi connectivity index (χ4v) is 4.06. The lowest BCUT2D eigenvalue weighted by Crippen LogP contribution is -2.39. The summed E-state index contributed by atoms with van der Waals surface area (Å²) in [7, 11) is 1.52. The molecule has 1 saturated heterocycles. The highest BCUT2D eigenvalue weighted by Gasteiger charge is 2.34. The maximum absolute atomic E-state index is 13.7. The van der Waals surface area contributed by atoms with Crippen LogP contribution in [0.15, 0.2) is 48.5 Å². The average molecular weight is 466 g/mol. The molecule has 0 saturated carbocycles. The number of nitrogens with two attached hydrogens (primary N) is 1. The van der Waals surface area contributed by atoms with Gasteiger partial charge < -0.3 is 20.3 Å². The smallest absolute Gasteiger partial charge is 0.277 e. The van der Waals surface area contributed by atoms with Crippen molar-refractivity contribution in [3.05, 3.63) is 65.5 Å². The van der Waals surface area contributed by atoms with Crippen LogP contribution in [-0.2, 0) is 11.2 Å². The molecule has 3 amide bonds. The number of piperidine rings is 1. The van der Waals surface area contributed by atoms with Gasteiger partial charge in [-0.25, -0.2) is 4.68 Å². The molecule has 1 aromatic heterocycles. The van der Waals surface area contributed by atoms with Crippen LogP contribution in [0.1, 0.15) is 53.9 Å². The van der Waals surface area contributed by atoms with E-state index in [0.29, 0.717) is 27.6 Å². The van der Waals surface area contributed by atoms with Gasteiger partial charge in [-0.15, -0.1) is 0 Å². The zero-order valence-corrected chi connectivity index (χ0v) is 18.2. The summed E-state index contributed by atoms with van der Waals surface area (Å²) in [5, 5.41) is 4.32. The van der Waals surface area contributed by atoms with Gasteiger partial charge in [0.15, 0.2) is 5.69 Å². The number of nitrogens with zero attached hydrogens (tertiary/aromatic N) is 4. The van der Waals surface area contributed by atoms with Crippen molar-refractivity contribution in [1.29, 1.82) is 0 Å². The lowest BCUT2D eigenvalue weighted by Gasteiger charge is -2.29. The average Bonchev–Trinajstić information content (AvgIpc) is 3.29. The largest absolute Gasteiger partial charge is 0.497 e. The maximum atomic E-state index is 13.7. The minimum atomic E-state index is -2.98. The van der Waals surface area contributed by atoms with E-state index in [1.165, 1.54) is 41.0 Å². The van der Waals surface area contributed by atoms with Crippen LogP contribution >= 0.6 is 0 Å². The maximum Gasteiger partial charge on any atom is 0.277 e. The van der Waals surface area contributed by atoms with Crippen LogP contribution in [0.25, 0.3) is 5.69 Å². The van der Waals surface area contributed by atoms with E-state index in [-0.39, 0.29) is 30.0 Å². The number of benzene rings is 2. The zero-order valence-electron chi connectivity index (χ0n) is 24.2. The molecule has 2 aliphatic heterocycles. The predicted molar refractivity (Wildman–Crippen MR) is 127 cm³/mol. The van der Waals surface area contributed by atoms with E-state index < -0.39 is 43.4 Å². The van der Waals surface area contributed by atoms with E-state index in [1.807, 2.05) is 0 Å². The summed E-state index contributed by atoms with van der Waals surface area (Å²) in [6, 6.07) is 12.5. The minimum absolute atomic E-state index is 0.00542. The van der Waals surface area contributed by atoms with Crippen molar-refractivity contribution in [2.45, 2.75) is 25.6 Å². The molecule has 0 spiro atoms. The highest BCUT2D eigenvalue weighted by atomic mass is 16.5. The summed E-state index contributed by atoms with van der Waals surface area (Å²) in [5.41, 5.74) is 7.06. The van der Waals surface area contributed by atoms with E-state index in [0.717, 1.165) is 0 Å². The summed E-state index contributed by atoms with van der Waals surface area (Å²) in [6.45, 7) is -2.79. The van der Waals surface area contributed by atoms with Gasteiger partial charge >= 0.3 is 0 Å². The number of primary amides is 1. The van der Waals surface area contributed by atoms with Gasteiger partial charge in [-0.3, -0.25) is 14.4 Å². The van der Waals surface area contributed by atoms with Crippen LogP contribution in [0.5, 0.6) is 5.75 Å². The number of anilines is 2. The quantitative estimate of drug-likeness (QED) is 0.623. The second kappa shape index (κ2) is 8.66. The predicted octanol–water partition coefficient (Wildman–Crippen LogP) is 2.70. The third kappa shape index (κ3) is 3.68. The van der Waals surface area contributed by atoms with E-state index in [9.17, 15) is 14.4 Å². The van der Waals surface area contributed by atoms with E-state index in [4.69, 9.17) is 18.7 Å². The molecule has 0 aliphatic carbocycles. The Morgan fingerprint density at radius 2 is 1.62 bits per heavy atom. The van der Waals surface area contributed by atoms with Crippen LogP contribution in [0.4, 0.5) is 11.4 Å². The lowest BCUT2D eigenvalue weighted by atomic mass is 10.0. The Labute approximate surface area is 205 Å². The molecule has 9 heteroatoms. The van der Waals surface area contributed by atoms with Gasteiger partial charge in [0, 0.05) is 44.6 Å². The molecular formula is C25H25N5O4. The topological polar surface area (TPSA) is 111 Å². The summed E-state index contributed by atoms with van der Waals surface area (Å²) < 4.78 is 55.0. The van der Waals surface area contributed by atoms with Gasteiger partial charge in [0.1, 0.15) is 11.4 Å². The van der Waals surface area contributed by atoms with Gasteiger partial charge in [0.2, 0.25) is 5.91 Å². The molecule has 5 rings (SSSR count). The zero-order chi connectivity index (χ0) is 29.2. The number of hydrogen-bond donors (Lipinski definition) is 1. The fraction of sp³-hybridized carbons (Fsp3) is 0.280. The number of methoxy groups -OCH3 is 1. The molecule has 0 unspecified atom stereocenters. The number of amides is 3. The third-order valence-corrected chi connectivity index (χ3v) is 5.73. The van der Waals surface area contributed by atoms with Crippen LogP contribution in [0.3, 0.4) is 0 Å². The number of carbonyl (C=O) groups is 3. The van der Waals surface area contributed by atoms with Crippen molar-refractivity contribution < 1.29 is 27.3 Å². The first-order chi connectivity index (χ1) is 18.7. The first-order valence-corrected chi connectivity index (χ1v) is 10.5. The van der Waals surface area contributed by atoms with Crippen LogP contribution in [0, 0.1) is 0 Å². The normalized spacial score (nSPS) is 23.0. The molecule has 174 valence electrons. The standard InChI is InChI=1S/C25H25N5O4/c1-34-19-11-9-18(10-12-19)30-23-20(22(27-30)24(26)32)13-15-29(25(23)33)17-7-5-16(6-8-17)28-14-3-2-4-21(28)31/h5-12H,2-4,13-15H2,1H3,(H2,26,32)/i2D2,3D2,14D2. The second-order valence-electron chi connectivity index (χ2n) is 7.69. The van der Waals surface area contributed by atoms with E-state index >= 15 is 0 Å². The third-order valence-electron chi connectivity index (χ3n) is 5.73. The molecule has 3 heterocycles. The Hall–Kier alpha value is -4.14. The molecule has 2 aliphatic rings. The second-order valence-corrected chi connectivity index (χ2v) is 7.69. The van der Waals surface area contributed by atoms with Crippen molar-refractivity contribution in [3.63, 3.8) is 0 Å². The first-order valence-electron chi connectivity index (χ1n) is 13.5. The first kappa shape index (κ1) is 15.7. The van der Waals surface area contributed by atoms with Gasteiger partial charge in [0.25, 0.3) is 11.8 Å². The SMILES string of the molecule is [2H]C1([2H])CC(=O)N(c2ccc(N3CCc4c(C(N)=O)nn(-c5ccc(OC)cc5)c4C3=O)cc2)C([2H])([2H])C1([2H])[2H]. The van der Waals surface area contributed by atoms with Crippen molar-refractivity contribution in [3.8, 4) is 11.4 Å². The molecule has 34 heavy (non-hydrogen) atoms. The van der Waals surface area contributed by atoms with Gasteiger partial charge in [-0.05, 0) is 67.7 Å². The van der Waals surface area contributed by atoms with E-state index in [1.54, 1.807) is 24.3 Å².